The summed E-state index contributed by atoms with van der Waals surface area (Å²) in [7, 11) is 1.45. The van der Waals surface area contributed by atoms with E-state index in [2.05, 4.69) is 13.8 Å². The first-order chi connectivity index (χ1) is 6.46. The van der Waals surface area contributed by atoms with E-state index in [9.17, 15) is 9.90 Å². The number of hydrogen-bond donors (Lipinski definition) is 1. The van der Waals surface area contributed by atoms with Crippen LogP contribution >= 0.6 is 0 Å². The van der Waals surface area contributed by atoms with Gasteiger partial charge in [-0.3, -0.25) is 4.79 Å². The Bertz CT molecular complexity index is 284. The van der Waals surface area contributed by atoms with Gasteiger partial charge in [0.1, 0.15) is 0 Å². The summed E-state index contributed by atoms with van der Waals surface area (Å²) in [4.78, 5) is 11.7. The van der Waals surface area contributed by atoms with Gasteiger partial charge in [0.15, 0.2) is 0 Å². The van der Waals surface area contributed by atoms with Gasteiger partial charge in [0.2, 0.25) is 0 Å². The fourth-order valence-corrected chi connectivity index (χ4v) is 3.33. The molecule has 0 spiro atoms. The van der Waals surface area contributed by atoms with Crippen molar-refractivity contribution in [1.29, 1.82) is 0 Å². The Hall–Kier alpha value is -0.570. The Morgan fingerprint density at radius 3 is 2.43 bits per heavy atom. The second-order valence-electron chi connectivity index (χ2n) is 5.30. The van der Waals surface area contributed by atoms with Gasteiger partial charge in [-0.05, 0) is 30.1 Å². The van der Waals surface area contributed by atoms with Gasteiger partial charge in [-0.2, -0.15) is 0 Å². The largest absolute Gasteiger partial charge is 0.469 e. The summed E-state index contributed by atoms with van der Waals surface area (Å²) in [6.07, 6.45) is 2.67. The lowest BCUT2D eigenvalue weighted by Gasteiger charge is -2.30. The summed E-state index contributed by atoms with van der Waals surface area (Å²) in [6.45, 7) is 4.35. The molecule has 3 atom stereocenters. The summed E-state index contributed by atoms with van der Waals surface area (Å²) in [5.41, 5.74) is -0.414. The third-order valence-electron chi connectivity index (χ3n) is 4.95. The van der Waals surface area contributed by atoms with Crippen LogP contribution in [0.1, 0.15) is 33.1 Å². The molecule has 0 aromatic rings. The predicted molar refractivity (Wildman–Crippen MR) is 51.6 cm³/mol. The number of ether oxygens (including phenoxy) is 1. The van der Waals surface area contributed by atoms with Crippen molar-refractivity contribution in [3.8, 4) is 0 Å². The van der Waals surface area contributed by atoms with Crippen molar-refractivity contribution in [3.05, 3.63) is 0 Å². The van der Waals surface area contributed by atoms with Gasteiger partial charge >= 0.3 is 5.97 Å². The molecule has 3 nitrogen and oxygen atoms in total. The molecule has 0 bridgehead atoms. The van der Waals surface area contributed by atoms with E-state index in [4.69, 9.17) is 4.74 Å². The third-order valence-corrected chi connectivity index (χ3v) is 4.95. The SMILES string of the molecule is COC(=O)C12CCC(C)(CO)C1(C)C2. The Morgan fingerprint density at radius 2 is 2.07 bits per heavy atom. The van der Waals surface area contributed by atoms with Gasteiger partial charge in [-0.15, -0.1) is 0 Å². The highest BCUT2D eigenvalue weighted by Crippen LogP contribution is 2.80. The molecular formula is C11H18O3. The van der Waals surface area contributed by atoms with Gasteiger partial charge in [0.05, 0.1) is 12.5 Å². The van der Waals surface area contributed by atoms with Crippen molar-refractivity contribution in [3.63, 3.8) is 0 Å². The molecule has 0 saturated heterocycles. The second kappa shape index (κ2) is 2.51. The summed E-state index contributed by atoms with van der Waals surface area (Å²) < 4.78 is 4.86. The standard InChI is InChI=1S/C11H18O3/c1-9(7-12)4-5-11(8(13)14-3)6-10(9,11)2/h12H,4-7H2,1-3H3. The number of carbonyl (C=O) groups is 1. The molecule has 0 amide bonds. The Labute approximate surface area is 84.4 Å². The highest BCUT2D eigenvalue weighted by molar-refractivity contribution is 5.83. The van der Waals surface area contributed by atoms with Crippen LogP contribution < -0.4 is 0 Å². The average Bonchev–Trinajstić information content (AvgIpc) is 2.76. The van der Waals surface area contributed by atoms with Gasteiger partial charge in [0.25, 0.3) is 0 Å². The molecule has 2 fully saturated rings. The Balaban J connectivity index is 2.29. The lowest BCUT2D eigenvalue weighted by Crippen LogP contribution is -2.30. The number of methoxy groups -OCH3 is 1. The fraction of sp³-hybridized carbons (Fsp3) is 0.909. The fourth-order valence-electron chi connectivity index (χ4n) is 3.33. The van der Waals surface area contributed by atoms with Crippen molar-refractivity contribution in [2.24, 2.45) is 16.2 Å². The lowest BCUT2D eigenvalue weighted by atomic mass is 9.76. The number of aliphatic hydroxyl groups excluding tert-OH is 1. The number of rotatable bonds is 2. The van der Waals surface area contributed by atoms with E-state index in [0.717, 1.165) is 19.3 Å². The molecule has 0 aromatic heterocycles. The second-order valence-corrected chi connectivity index (χ2v) is 5.30. The first-order valence-corrected chi connectivity index (χ1v) is 5.15. The molecule has 3 heteroatoms. The number of hydrogen-bond acceptors (Lipinski definition) is 3. The van der Waals surface area contributed by atoms with Crippen LogP contribution in [0.2, 0.25) is 0 Å². The molecule has 2 rings (SSSR count). The highest BCUT2D eigenvalue weighted by atomic mass is 16.5. The summed E-state index contributed by atoms with van der Waals surface area (Å²) >= 11 is 0. The zero-order valence-corrected chi connectivity index (χ0v) is 9.09. The molecule has 0 radical (unpaired) electrons. The van der Waals surface area contributed by atoms with Crippen molar-refractivity contribution in [2.45, 2.75) is 33.1 Å². The van der Waals surface area contributed by atoms with Crippen LogP contribution in [0.5, 0.6) is 0 Å². The maximum atomic E-state index is 11.7. The molecule has 2 saturated carbocycles. The number of aliphatic hydroxyl groups is 1. The van der Waals surface area contributed by atoms with Crippen molar-refractivity contribution in [2.75, 3.05) is 13.7 Å². The summed E-state index contributed by atoms with van der Waals surface area (Å²) in [5, 5.41) is 9.40. The van der Waals surface area contributed by atoms with E-state index in [1.165, 1.54) is 7.11 Å². The molecule has 3 unspecified atom stereocenters. The first kappa shape index (κ1) is 9.97. The average molecular weight is 198 g/mol. The van der Waals surface area contributed by atoms with Crippen LogP contribution in [0.15, 0.2) is 0 Å². The highest BCUT2D eigenvalue weighted by Gasteiger charge is 2.79. The Morgan fingerprint density at radius 1 is 1.43 bits per heavy atom. The van der Waals surface area contributed by atoms with E-state index in [-0.39, 0.29) is 28.8 Å². The van der Waals surface area contributed by atoms with E-state index < -0.39 is 0 Å². The molecule has 2 aliphatic carbocycles. The van der Waals surface area contributed by atoms with E-state index >= 15 is 0 Å². The van der Waals surface area contributed by atoms with Gasteiger partial charge < -0.3 is 9.84 Å². The lowest BCUT2D eigenvalue weighted by molar-refractivity contribution is -0.148. The molecule has 0 aliphatic heterocycles. The molecule has 2 aliphatic rings. The zero-order valence-electron chi connectivity index (χ0n) is 9.09. The van der Waals surface area contributed by atoms with Gasteiger partial charge in [-0.25, -0.2) is 0 Å². The van der Waals surface area contributed by atoms with E-state index in [1.807, 2.05) is 0 Å². The van der Waals surface area contributed by atoms with Crippen molar-refractivity contribution >= 4 is 5.97 Å². The van der Waals surface area contributed by atoms with Crippen molar-refractivity contribution in [1.82, 2.24) is 0 Å². The summed E-state index contributed by atoms with van der Waals surface area (Å²) in [6, 6.07) is 0. The minimum atomic E-state index is -0.279. The molecule has 0 aromatic carbocycles. The molecule has 80 valence electrons. The topological polar surface area (TPSA) is 46.5 Å². The smallest absolute Gasteiger partial charge is 0.312 e. The van der Waals surface area contributed by atoms with E-state index in [0.29, 0.717) is 0 Å². The zero-order chi connectivity index (χ0) is 10.6. The Kier molecular flexibility index (Phi) is 1.79. The van der Waals surface area contributed by atoms with Crippen LogP contribution in [0.25, 0.3) is 0 Å². The number of esters is 1. The monoisotopic (exact) mass is 198 g/mol. The van der Waals surface area contributed by atoms with E-state index in [1.54, 1.807) is 0 Å². The van der Waals surface area contributed by atoms with Crippen LogP contribution in [0, 0.1) is 16.2 Å². The number of fused-ring (bicyclic) bond motifs is 1. The predicted octanol–water partition coefficient (Wildman–Crippen LogP) is 1.35. The van der Waals surface area contributed by atoms with Gasteiger partial charge in [-0.1, -0.05) is 13.8 Å². The number of carbonyl (C=O) groups excluding carboxylic acids is 1. The minimum absolute atomic E-state index is 0.0398. The molecule has 14 heavy (non-hydrogen) atoms. The van der Waals surface area contributed by atoms with Crippen LogP contribution in [0.3, 0.4) is 0 Å². The third kappa shape index (κ3) is 0.800. The van der Waals surface area contributed by atoms with Crippen LogP contribution in [-0.2, 0) is 9.53 Å². The van der Waals surface area contributed by atoms with Gasteiger partial charge in [0, 0.05) is 6.61 Å². The molecule has 1 N–H and O–H groups in total. The normalized spacial score (nSPS) is 50.0. The maximum absolute atomic E-state index is 11.7. The van der Waals surface area contributed by atoms with Crippen LogP contribution in [-0.4, -0.2) is 24.8 Å². The quantitative estimate of drug-likeness (QED) is 0.681. The first-order valence-electron chi connectivity index (χ1n) is 5.15. The van der Waals surface area contributed by atoms with Crippen molar-refractivity contribution < 1.29 is 14.6 Å². The molecular weight excluding hydrogens is 180 g/mol. The molecule has 0 heterocycles. The summed E-state index contributed by atoms with van der Waals surface area (Å²) in [5.74, 6) is -0.0859. The minimum Gasteiger partial charge on any atom is -0.469 e. The van der Waals surface area contributed by atoms with Crippen LogP contribution in [0.4, 0.5) is 0 Å². The maximum Gasteiger partial charge on any atom is 0.312 e.